The third-order valence-corrected chi connectivity index (χ3v) is 9.52. The maximum atomic E-state index is 13.4. The highest BCUT2D eigenvalue weighted by Gasteiger charge is 2.22. The van der Waals surface area contributed by atoms with Gasteiger partial charge >= 0.3 is 6.03 Å². The number of rotatable bonds is 9. The van der Waals surface area contributed by atoms with Crippen molar-refractivity contribution in [1.82, 2.24) is 24.4 Å². The van der Waals surface area contributed by atoms with Crippen molar-refractivity contribution in [1.29, 1.82) is 0 Å². The fraction of sp³-hybridized carbons (Fsp3) is 0.176. The molecule has 0 saturated heterocycles. The van der Waals surface area contributed by atoms with Crippen molar-refractivity contribution >= 4 is 58.3 Å². The Labute approximate surface area is 285 Å². The van der Waals surface area contributed by atoms with Crippen LogP contribution in [0.5, 0.6) is 5.75 Å². The molecule has 10 nitrogen and oxygen atoms in total. The predicted octanol–water partition coefficient (Wildman–Crippen LogP) is 8.12. The first-order valence-corrected chi connectivity index (χ1v) is 16.9. The number of thioether (sulfide) groups is 1. The zero-order valence-corrected chi connectivity index (χ0v) is 28.2. The average Bonchev–Trinajstić information content (AvgIpc) is 3.67. The Bertz CT molecular complexity index is 2070. The summed E-state index contributed by atoms with van der Waals surface area (Å²) in [6.07, 6.45) is 1.98. The van der Waals surface area contributed by atoms with Crippen molar-refractivity contribution in [3.8, 4) is 22.8 Å². The van der Waals surface area contributed by atoms with E-state index in [1.165, 1.54) is 17.8 Å². The second-order valence-electron chi connectivity index (χ2n) is 11.6. The van der Waals surface area contributed by atoms with E-state index in [1.54, 1.807) is 28.6 Å². The predicted molar refractivity (Wildman–Crippen MR) is 188 cm³/mol. The molecule has 0 aliphatic carbocycles. The van der Waals surface area contributed by atoms with E-state index >= 15 is 0 Å². The summed E-state index contributed by atoms with van der Waals surface area (Å²) in [5.74, 6) is 1.69. The van der Waals surface area contributed by atoms with Gasteiger partial charge in [-0.25, -0.2) is 9.48 Å². The lowest BCUT2D eigenvalue weighted by Gasteiger charge is -2.14. The Hall–Kier alpha value is -4.49. The van der Waals surface area contributed by atoms with Crippen molar-refractivity contribution in [2.24, 2.45) is 0 Å². The molecule has 6 rings (SSSR count). The van der Waals surface area contributed by atoms with Crippen LogP contribution in [0, 0.1) is 0 Å². The van der Waals surface area contributed by atoms with Crippen LogP contribution in [-0.4, -0.2) is 53.0 Å². The average molecular weight is 686 g/mol. The van der Waals surface area contributed by atoms with Gasteiger partial charge in [-0.15, -0.1) is 22.0 Å². The van der Waals surface area contributed by atoms with E-state index in [9.17, 15) is 15.0 Å². The van der Waals surface area contributed by atoms with Crippen LogP contribution >= 0.6 is 35.1 Å². The van der Waals surface area contributed by atoms with Gasteiger partial charge in [0.15, 0.2) is 11.5 Å². The van der Waals surface area contributed by atoms with Gasteiger partial charge in [0.05, 0.1) is 28.7 Å². The van der Waals surface area contributed by atoms with Crippen molar-refractivity contribution < 1.29 is 15.0 Å². The SMILES string of the molecule is CC(C)(C)c1cc(NC(=O)Nc2ccccc2Sc2ccc3nnc(-c4ccccc4SCCO)n3c2)n(-c2ccc(O)c(Cl)c2)n1. The topological polar surface area (TPSA) is 130 Å². The van der Waals surface area contributed by atoms with Crippen LogP contribution in [0.4, 0.5) is 16.3 Å². The number of phenols is 1. The Balaban J connectivity index is 1.25. The number of nitrogens with one attached hydrogen (secondary N) is 2. The Morgan fingerprint density at radius 1 is 0.936 bits per heavy atom. The molecule has 47 heavy (non-hydrogen) atoms. The molecule has 0 bridgehead atoms. The third kappa shape index (κ3) is 7.25. The molecular formula is C34H32ClN7O3S2. The molecule has 0 saturated carbocycles. The van der Waals surface area contributed by atoms with E-state index in [0.717, 1.165) is 25.9 Å². The van der Waals surface area contributed by atoms with Crippen LogP contribution < -0.4 is 10.6 Å². The van der Waals surface area contributed by atoms with Gasteiger partial charge < -0.3 is 15.5 Å². The number of aliphatic hydroxyl groups excluding tert-OH is 1. The first kappa shape index (κ1) is 32.5. The van der Waals surface area contributed by atoms with Crippen LogP contribution in [-0.2, 0) is 5.41 Å². The molecule has 0 radical (unpaired) electrons. The fourth-order valence-electron chi connectivity index (χ4n) is 4.76. The lowest BCUT2D eigenvalue weighted by Crippen LogP contribution is -2.21. The van der Waals surface area contributed by atoms with Crippen LogP contribution in [0.2, 0.25) is 5.02 Å². The maximum absolute atomic E-state index is 13.4. The number of anilines is 2. The standard InChI is InChI=1S/C34H32ClN7O3S2/c1-34(2,3)29-19-31(42(40-29)21-12-14-26(44)24(35)18-21)37-33(45)36-25-9-5-7-11-28(25)47-22-13-15-30-38-39-32(41(30)20-22)23-8-4-6-10-27(23)46-17-16-43/h4-15,18-20,43-44H,16-17H2,1-3H3,(H2,36,37,45). The summed E-state index contributed by atoms with van der Waals surface area (Å²) in [7, 11) is 0. The van der Waals surface area contributed by atoms with E-state index in [0.29, 0.717) is 34.4 Å². The van der Waals surface area contributed by atoms with Gasteiger partial charge in [-0.3, -0.25) is 9.72 Å². The van der Waals surface area contributed by atoms with Gasteiger partial charge in [-0.1, -0.05) is 74.5 Å². The molecular weight excluding hydrogens is 654 g/mol. The molecule has 0 fully saturated rings. The number of benzene rings is 3. The van der Waals surface area contributed by atoms with E-state index in [2.05, 4.69) is 20.8 Å². The van der Waals surface area contributed by atoms with E-state index in [-0.39, 0.29) is 22.8 Å². The molecule has 4 N–H and O–H groups in total. The number of fused-ring (bicyclic) bond motifs is 1. The maximum Gasteiger partial charge on any atom is 0.324 e. The van der Waals surface area contributed by atoms with Gasteiger partial charge in [0.2, 0.25) is 0 Å². The molecule has 3 aromatic heterocycles. The normalized spacial score (nSPS) is 11.6. The van der Waals surface area contributed by atoms with Crippen molar-refractivity contribution in [2.45, 2.75) is 40.9 Å². The van der Waals surface area contributed by atoms with Gasteiger partial charge in [0.1, 0.15) is 11.6 Å². The summed E-state index contributed by atoms with van der Waals surface area (Å²) in [5, 5.41) is 39.0. The largest absolute Gasteiger partial charge is 0.506 e. The number of aromatic hydroxyl groups is 1. The fourth-order valence-corrected chi connectivity index (χ4v) is 6.66. The molecule has 3 aromatic carbocycles. The lowest BCUT2D eigenvalue weighted by atomic mass is 9.92. The molecule has 0 unspecified atom stereocenters. The number of aromatic nitrogens is 5. The Kier molecular flexibility index (Phi) is 9.46. The molecule has 0 aliphatic heterocycles. The van der Waals surface area contributed by atoms with Gasteiger partial charge in [0.25, 0.3) is 0 Å². The second kappa shape index (κ2) is 13.7. The molecule has 3 heterocycles. The summed E-state index contributed by atoms with van der Waals surface area (Å²) in [4.78, 5) is 16.2. The summed E-state index contributed by atoms with van der Waals surface area (Å²) >= 11 is 9.26. The molecule has 0 aliphatic rings. The van der Waals surface area contributed by atoms with Crippen LogP contribution in [0.1, 0.15) is 26.5 Å². The summed E-state index contributed by atoms with van der Waals surface area (Å²) in [5.41, 5.74) is 3.34. The number of phenolic OH excluding ortho intramolecular Hbond substituents is 1. The van der Waals surface area contributed by atoms with Gasteiger partial charge in [-0.05, 0) is 48.5 Å². The molecule has 13 heteroatoms. The number of urea groups is 1. The second-order valence-corrected chi connectivity index (χ2v) is 14.2. The van der Waals surface area contributed by atoms with Crippen LogP contribution in [0.3, 0.4) is 0 Å². The minimum absolute atomic E-state index is 0.0403. The quantitative estimate of drug-likeness (QED) is 0.112. The minimum atomic E-state index is -0.446. The first-order chi connectivity index (χ1) is 22.6. The zero-order valence-electron chi connectivity index (χ0n) is 25.8. The van der Waals surface area contributed by atoms with Crippen molar-refractivity contribution in [2.75, 3.05) is 23.0 Å². The van der Waals surface area contributed by atoms with Crippen LogP contribution in [0.25, 0.3) is 22.7 Å². The summed E-state index contributed by atoms with van der Waals surface area (Å²) < 4.78 is 3.55. The van der Waals surface area contributed by atoms with E-state index in [1.807, 2.05) is 98.1 Å². The lowest BCUT2D eigenvalue weighted by molar-refractivity contribution is 0.262. The van der Waals surface area contributed by atoms with Gasteiger partial charge in [0, 0.05) is 43.7 Å². The third-order valence-electron chi connectivity index (χ3n) is 7.11. The number of amides is 2. The molecule has 6 aromatic rings. The molecule has 240 valence electrons. The Morgan fingerprint density at radius 3 is 2.47 bits per heavy atom. The highest BCUT2D eigenvalue weighted by atomic mass is 35.5. The number of para-hydroxylation sites is 1. The summed E-state index contributed by atoms with van der Waals surface area (Å²) in [6, 6.07) is 25.5. The number of hydrogen-bond acceptors (Lipinski definition) is 8. The van der Waals surface area contributed by atoms with E-state index in [4.69, 9.17) is 16.7 Å². The molecule has 0 spiro atoms. The first-order valence-electron chi connectivity index (χ1n) is 14.7. The minimum Gasteiger partial charge on any atom is -0.506 e. The molecule has 0 atom stereocenters. The zero-order chi connectivity index (χ0) is 33.1. The Morgan fingerprint density at radius 2 is 1.70 bits per heavy atom. The van der Waals surface area contributed by atoms with Crippen LogP contribution in [0.15, 0.2) is 106 Å². The number of carbonyl (C=O) groups excluding carboxylic acids is 1. The van der Waals surface area contributed by atoms with E-state index < -0.39 is 6.03 Å². The number of halogens is 1. The number of aliphatic hydroxyl groups is 1. The van der Waals surface area contributed by atoms with Crippen molar-refractivity contribution in [3.63, 3.8) is 0 Å². The number of pyridine rings is 1. The number of hydrogen-bond donors (Lipinski definition) is 4. The highest BCUT2D eigenvalue weighted by molar-refractivity contribution is 7.99. The molecule has 2 amide bonds. The highest BCUT2D eigenvalue weighted by Crippen LogP contribution is 2.36. The smallest absolute Gasteiger partial charge is 0.324 e. The monoisotopic (exact) mass is 685 g/mol. The summed E-state index contributed by atoms with van der Waals surface area (Å²) in [6.45, 7) is 6.20. The van der Waals surface area contributed by atoms with Crippen molar-refractivity contribution in [3.05, 3.63) is 102 Å². The number of nitrogens with zero attached hydrogens (tertiary/aromatic N) is 5. The van der Waals surface area contributed by atoms with Gasteiger partial charge in [-0.2, -0.15) is 5.10 Å². The number of carbonyl (C=O) groups is 1.